The normalized spacial score (nSPS) is 17.5. The first-order chi connectivity index (χ1) is 19.6. The van der Waals surface area contributed by atoms with E-state index in [4.69, 9.17) is 13.9 Å². The highest BCUT2D eigenvalue weighted by Crippen LogP contribution is 2.36. The molecule has 1 N–H and O–H groups in total. The number of carbonyl (C=O) groups excluding carboxylic acids is 1. The largest absolute Gasteiger partial charge is 0.476 e. The summed E-state index contributed by atoms with van der Waals surface area (Å²) >= 11 is 2.21. The van der Waals surface area contributed by atoms with Gasteiger partial charge in [0.25, 0.3) is 5.69 Å². The molecule has 2 atom stereocenters. The number of esters is 1. The van der Waals surface area contributed by atoms with E-state index < -0.39 is 37.4 Å². The van der Waals surface area contributed by atoms with Gasteiger partial charge in [-0.2, -0.15) is 0 Å². The maximum Gasteiger partial charge on any atom is 0.407 e. The lowest BCUT2D eigenvalue weighted by molar-refractivity contribution is -0.384. The molecule has 232 valence electrons. The van der Waals surface area contributed by atoms with E-state index in [9.17, 15) is 24.8 Å². The average molecular weight is 718 g/mol. The Balaban J connectivity index is 1.80. The number of likely N-dealkylation sites (N-methyl/N-ethyl adjacent to an activating group) is 1. The molecule has 0 unspecified atom stereocenters. The van der Waals surface area contributed by atoms with Crippen LogP contribution >= 0.6 is 22.6 Å². The second kappa shape index (κ2) is 13.7. The van der Waals surface area contributed by atoms with Crippen molar-refractivity contribution in [3.8, 4) is 5.88 Å². The zero-order valence-corrected chi connectivity index (χ0v) is 28.3. The molecule has 1 saturated heterocycles. The fraction of sp³-hybridized carbons (Fsp3) is 0.593. The molecule has 0 bridgehead atoms. The molecule has 0 spiro atoms. The number of nitro benzene ring substituents is 1. The standard InChI is InChI=1S/C27H40IN5O8Si/c1-8-39-24-23(28)21(32(29-24)13-14-40-42(6,7)27(2,3)4)15-30(5)20-16-31(26(35)36)17-22(20)41-25(34)18-9-11-19(12-10-18)33(37)38/h9-12,20,22H,8,13-17H2,1-7H3,(H,35,36)/t20-,22+/m0/s1. The van der Waals surface area contributed by atoms with Crippen LogP contribution in [0.25, 0.3) is 0 Å². The highest BCUT2D eigenvalue weighted by atomic mass is 127. The zero-order chi connectivity index (χ0) is 31.4. The van der Waals surface area contributed by atoms with Crippen LogP contribution in [0.15, 0.2) is 24.3 Å². The minimum absolute atomic E-state index is 0.00393. The van der Waals surface area contributed by atoms with E-state index in [0.29, 0.717) is 32.2 Å². The molecule has 1 aromatic heterocycles. The Labute approximate surface area is 260 Å². The van der Waals surface area contributed by atoms with E-state index in [1.165, 1.54) is 29.2 Å². The van der Waals surface area contributed by atoms with Crippen molar-refractivity contribution in [2.45, 2.75) is 71.1 Å². The van der Waals surface area contributed by atoms with Gasteiger partial charge in [0.05, 0.1) is 52.1 Å². The Morgan fingerprint density at radius 1 is 1.24 bits per heavy atom. The number of hydrogen-bond acceptors (Lipinski definition) is 9. The van der Waals surface area contributed by atoms with Crippen molar-refractivity contribution >= 4 is 48.7 Å². The molecule has 1 aromatic carbocycles. The summed E-state index contributed by atoms with van der Waals surface area (Å²) in [7, 11) is -0.109. The molecule has 1 amide bonds. The third-order valence-electron chi connectivity index (χ3n) is 7.86. The van der Waals surface area contributed by atoms with E-state index in [1.54, 1.807) is 0 Å². The summed E-state index contributed by atoms with van der Waals surface area (Å²) in [6.45, 7) is 14.9. The molecule has 0 aliphatic carbocycles. The predicted molar refractivity (Wildman–Crippen MR) is 166 cm³/mol. The van der Waals surface area contributed by atoms with Crippen LogP contribution in [-0.4, -0.2) is 95.5 Å². The van der Waals surface area contributed by atoms with E-state index in [1.807, 2.05) is 23.6 Å². The number of rotatable bonds is 12. The Morgan fingerprint density at radius 3 is 2.43 bits per heavy atom. The zero-order valence-electron chi connectivity index (χ0n) is 25.1. The van der Waals surface area contributed by atoms with Crippen LogP contribution in [-0.2, 0) is 22.3 Å². The first-order valence-electron chi connectivity index (χ1n) is 13.7. The number of ether oxygens (including phenoxy) is 2. The van der Waals surface area contributed by atoms with Crippen LogP contribution in [0.3, 0.4) is 0 Å². The molecular formula is C27H40IN5O8Si. The lowest BCUT2D eigenvalue weighted by Gasteiger charge is -2.36. The topological polar surface area (TPSA) is 150 Å². The number of aromatic nitrogens is 2. The number of carbonyl (C=O) groups is 2. The van der Waals surface area contributed by atoms with Crippen LogP contribution in [0.4, 0.5) is 10.5 Å². The summed E-state index contributed by atoms with van der Waals surface area (Å²) in [5.41, 5.74) is 0.885. The van der Waals surface area contributed by atoms with E-state index in [2.05, 4.69) is 61.6 Å². The highest BCUT2D eigenvalue weighted by molar-refractivity contribution is 14.1. The molecule has 15 heteroatoms. The Morgan fingerprint density at radius 2 is 1.88 bits per heavy atom. The minimum Gasteiger partial charge on any atom is -0.476 e. The van der Waals surface area contributed by atoms with Crippen molar-refractivity contribution in [3.63, 3.8) is 0 Å². The highest BCUT2D eigenvalue weighted by Gasteiger charge is 2.41. The summed E-state index contributed by atoms with van der Waals surface area (Å²) in [5, 5.41) is 25.4. The second-order valence-corrected chi connectivity index (χ2v) is 17.6. The van der Waals surface area contributed by atoms with Gasteiger partial charge in [0.1, 0.15) is 6.10 Å². The Kier molecular flexibility index (Phi) is 11.0. The van der Waals surface area contributed by atoms with Crippen LogP contribution in [0.2, 0.25) is 18.1 Å². The summed E-state index contributed by atoms with van der Waals surface area (Å²) in [6, 6.07) is 4.66. The van der Waals surface area contributed by atoms with Crippen molar-refractivity contribution in [2.75, 3.05) is 33.4 Å². The van der Waals surface area contributed by atoms with Gasteiger partial charge >= 0.3 is 12.1 Å². The van der Waals surface area contributed by atoms with Gasteiger partial charge in [0.2, 0.25) is 5.88 Å². The predicted octanol–water partition coefficient (Wildman–Crippen LogP) is 4.84. The van der Waals surface area contributed by atoms with Crippen molar-refractivity contribution in [2.24, 2.45) is 0 Å². The van der Waals surface area contributed by atoms with Crippen LogP contribution in [0.1, 0.15) is 43.7 Å². The van der Waals surface area contributed by atoms with Crippen molar-refractivity contribution in [1.29, 1.82) is 0 Å². The van der Waals surface area contributed by atoms with Crippen LogP contribution < -0.4 is 4.74 Å². The molecule has 2 aromatic rings. The Bertz CT molecular complexity index is 1280. The number of likely N-dealkylation sites (tertiary alicyclic amines) is 1. The van der Waals surface area contributed by atoms with Gasteiger partial charge in [0.15, 0.2) is 8.32 Å². The molecule has 1 fully saturated rings. The van der Waals surface area contributed by atoms with Gasteiger partial charge in [-0.25, -0.2) is 9.59 Å². The summed E-state index contributed by atoms with van der Waals surface area (Å²) in [4.78, 5) is 38.3. The van der Waals surface area contributed by atoms with Gasteiger partial charge in [-0.1, -0.05) is 20.8 Å². The molecule has 1 aliphatic rings. The number of nitrogens with zero attached hydrogens (tertiary/aromatic N) is 5. The fourth-order valence-electron chi connectivity index (χ4n) is 4.35. The van der Waals surface area contributed by atoms with Crippen molar-refractivity contribution in [3.05, 3.63) is 49.2 Å². The molecule has 13 nitrogen and oxygen atoms in total. The summed E-state index contributed by atoms with van der Waals surface area (Å²) in [5.74, 6) is -0.157. The maximum atomic E-state index is 12.9. The van der Waals surface area contributed by atoms with E-state index in [0.717, 1.165) is 9.26 Å². The summed E-state index contributed by atoms with van der Waals surface area (Å²) < 4.78 is 20.6. The monoisotopic (exact) mass is 717 g/mol. The molecule has 42 heavy (non-hydrogen) atoms. The molecule has 0 saturated carbocycles. The van der Waals surface area contributed by atoms with Crippen LogP contribution in [0.5, 0.6) is 5.88 Å². The smallest absolute Gasteiger partial charge is 0.407 e. The van der Waals surface area contributed by atoms with Gasteiger partial charge in [-0.3, -0.25) is 19.7 Å². The quantitative estimate of drug-likeness (QED) is 0.106. The van der Waals surface area contributed by atoms with Gasteiger partial charge in [-0.15, -0.1) is 5.10 Å². The third kappa shape index (κ3) is 7.99. The number of halogens is 1. The third-order valence-corrected chi connectivity index (χ3v) is 13.5. The number of amides is 1. The lowest BCUT2D eigenvalue weighted by atomic mass is 10.1. The maximum absolute atomic E-state index is 12.9. The molecule has 2 heterocycles. The summed E-state index contributed by atoms with van der Waals surface area (Å²) in [6.07, 6.45) is -1.86. The van der Waals surface area contributed by atoms with Gasteiger partial charge < -0.3 is 23.9 Å². The lowest BCUT2D eigenvalue weighted by Crippen LogP contribution is -2.43. The molecule has 0 radical (unpaired) electrons. The minimum atomic E-state index is -1.96. The van der Waals surface area contributed by atoms with E-state index in [-0.39, 0.29) is 29.4 Å². The number of non-ortho nitro benzene ring substituents is 1. The van der Waals surface area contributed by atoms with Crippen molar-refractivity contribution < 1.29 is 33.5 Å². The fourth-order valence-corrected chi connectivity index (χ4v) is 6.10. The number of nitro groups is 1. The number of benzene rings is 1. The molecular weight excluding hydrogens is 677 g/mol. The average Bonchev–Trinajstić information content (AvgIpc) is 3.45. The first-order valence-corrected chi connectivity index (χ1v) is 17.7. The SMILES string of the molecule is CCOc1nn(CCO[Si](C)(C)C(C)(C)C)c(CN(C)[C@H]2CN(C(=O)O)C[C@H]2OC(=O)c2ccc([N+](=O)[O-])cc2)c1I. The van der Waals surface area contributed by atoms with E-state index >= 15 is 0 Å². The first kappa shape index (κ1) is 33.7. The van der Waals surface area contributed by atoms with Gasteiger partial charge in [0, 0.05) is 25.2 Å². The van der Waals surface area contributed by atoms with Crippen LogP contribution in [0, 0.1) is 13.7 Å². The molecule has 1 aliphatic heterocycles. The Hall–Kier alpha value is -2.76. The second-order valence-electron chi connectivity index (χ2n) is 11.7. The van der Waals surface area contributed by atoms with Gasteiger partial charge in [-0.05, 0) is 66.8 Å². The van der Waals surface area contributed by atoms with Crippen molar-refractivity contribution in [1.82, 2.24) is 19.6 Å². The molecule has 3 rings (SSSR count). The number of hydrogen-bond donors (Lipinski definition) is 1. The number of carboxylic acid groups (broad SMARTS) is 1.